The molecule has 1 aliphatic carbocycles. The summed E-state index contributed by atoms with van der Waals surface area (Å²) in [6, 6.07) is 6.67. The predicted octanol–water partition coefficient (Wildman–Crippen LogP) is 3.70. The van der Waals surface area contributed by atoms with Gasteiger partial charge in [-0.05, 0) is 59.7 Å². The molecule has 3 N–H and O–H groups in total. The zero-order valence-electron chi connectivity index (χ0n) is 12.1. The molecule has 2 unspecified atom stereocenters. The van der Waals surface area contributed by atoms with Crippen molar-refractivity contribution in [2.45, 2.75) is 44.6 Å². The van der Waals surface area contributed by atoms with E-state index in [-0.39, 0.29) is 5.84 Å². The first-order valence-corrected chi connectivity index (χ1v) is 8.54. The Hall–Kier alpha value is -1.23. The third-order valence-corrected chi connectivity index (χ3v) is 5.57. The minimum atomic E-state index is 0.176. The van der Waals surface area contributed by atoms with Crippen molar-refractivity contribution < 1.29 is 5.21 Å². The van der Waals surface area contributed by atoms with Gasteiger partial charge in [0.25, 0.3) is 0 Å². The van der Waals surface area contributed by atoms with Crippen LogP contribution in [0.25, 0.3) is 0 Å². The van der Waals surface area contributed by atoms with E-state index in [2.05, 4.69) is 32.1 Å². The van der Waals surface area contributed by atoms with Crippen LogP contribution in [0, 0.1) is 5.92 Å². The molecule has 2 fully saturated rings. The molecule has 1 heterocycles. The molecule has 5 heteroatoms. The van der Waals surface area contributed by atoms with E-state index in [1.807, 2.05) is 12.1 Å². The molecule has 2 atom stereocenters. The quantitative estimate of drug-likeness (QED) is 0.369. The number of amidine groups is 1. The van der Waals surface area contributed by atoms with E-state index in [9.17, 15) is 0 Å². The minimum absolute atomic E-state index is 0.176. The third kappa shape index (κ3) is 2.76. The SMILES string of the molecule is N/C(=N/O)c1c(Br)cccc1N1CCCC2CCCCC21. The molecule has 3 rings (SSSR count). The topological polar surface area (TPSA) is 61.9 Å². The standard InChI is InChI=1S/C16H22BrN3O/c17-12-7-3-9-14(15(12)16(18)19-21)20-10-4-6-11-5-1-2-8-13(11)20/h3,7,9,11,13,21H,1-2,4-6,8,10H2,(H2,18,19). The second-order valence-corrected chi connectivity index (χ2v) is 6.92. The first-order chi connectivity index (χ1) is 10.2. The summed E-state index contributed by atoms with van der Waals surface area (Å²) in [5, 5.41) is 12.3. The fourth-order valence-corrected chi connectivity index (χ4v) is 4.54. The Bertz CT molecular complexity index is 544. The Balaban J connectivity index is 2.01. The van der Waals surface area contributed by atoms with E-state index >= 15 is 0 Å². The number of benzene rings is 1. The number of nitrogens with two attached hydrogens (primary N) is 1. The number of anilines is 1. The number of oxime groups is 1. The molecule has 21 heavy (non-hydrogen) atoms. The summed E-state index contributed by atoms with van der Waals surface area (Å²) in [5.41, 5.74) is 7.82. The van der Waals surface area contributed by atoms with Crippen molar-refractivity contribution in [1.29, 1.82) is 0 Å². The molecular formula is C16H22BrN3O. The second-order valence-electron chi connectivity index (χ2n) is 6.07. The Morgan fingerprint density at radius 2 is 2.00 bits per heavy atom. The fraction of sp³-hybridized carbons (Fsp3) is 0.562. The molecule has 0 aromatic heterocycles. The number of halogens is 1. The summed E-state index contributed by atoms with van der Waals surface area (Å²) in [6.07, 6.45) is 7.84. The summed E-state index contributed by atoms with van der Waals surface area (Å²) in [5.74, 6) is 0.974. The number of rotatable bonds is 2. The molecule has 1 saturated heterocycles. The highest BCUT2D eigenvalue weighted by atomic mass is 79.9. The van der Waals surface area contributed by atoms with Crippen LogP contribution in [-0.4, -0.2) is 23.6 Å². The van der Waals surface area contributed by atoms with Gasteiger partial charge in [-0.1, -0.05) is 24.1 Å². The Morgan fingerprint density at radius 3 is 2.81 bits per heavy atom. The molecule has 4 nitrogen and oxygen atoms in total. The summed E-state index contributed by atoms with van der Waals surface area (Å²) in [6.45, 7) is 1.06. The van der Waals surface area contributed by atoms with Gasteiger partial charge in [0, 0.05) is 22.7 Å². The largest absolute Gasteiger partial charge is 0.409 e. The first kappa shape index (κ1) is 14.7. The van der Waals surface area contributed by atoms with Crippen LogP contribution in [0.2, 0.25) is 0 Å². The van der Waals surface area contributed by atoms with E-state index < -0.39 is 0 Å². The van der Waals surface area contributed by atoms with Gasteiger partial charge in [-0.25, -0.2) is 0 Å². The van der Waals surface area contributed by atoms with Crippen LogP contribution < -0.4 is 10.6 Å². The normalized spacial score (nSPS) is 26.5. The van der Waals surface area contributed by atoms with Gasteiger partial charge in [-0.2, -0.15) is 0 Å². The smallest absolute Gasteiger partial charge is 0.173 e. The first-order valence-electron chi connectivity index (χ1n) is 7.75. The highest BCUT2D eigenvalue weighted by molar-refractivity contribution is 9.10. The van der Waals surface area contributed by atoms with E-state index in [4.69, 9.17) is 10.9 Å². The van der Waals surface area contributed by atoms with Crippen LogP contribution in [0.1, 0.15) is 44.1 Å². The second kappa shape index (κ2) is 6.26. The van der Waals surface area contributed by atoms with E-state index in [1.165, 1.54) is 38.5 Å². The summed E-state index contributed by atoms with van der Waals surface area (Å²) < 4.78 is 0.883. The van der Waals surface area contributed by atoms with Crippen molar-refractivity contribution >= 4 is 27.5 Å². The zero-order chi connectivity index (χ0) is 14.8. The van der Waals surface area contributed by atoms with Gasteiger partial charge in [0.1, 0.15) is 0 Å². The summed E-state index contributed by atoms with van der Waals surface area (Å²) in [4.78, 5) is 2.49. The van der Waals surface area contributed by atoms with E-state index in [0.717, 1.165) is 28.2 Å². The lowest BCUT2D eigenvalue weighted by atomic mass is 9.78. The third-order valence-electron chi connectivity index (χ3n) is 4.91. The Kier molecular flexibility index (Phi) is 4.38. The molecule has 0 radical (unpaired) electrons. The van der Waals surface area contributed by atoms with E-state index in [0.29, 0.717) is 6.04 Å². The summed E-state index contributed by atoms with van der Waals surface area (Å²) >= 11 is 3.54. The van der Waals surface area contributed by atoms with Gasteiger partial charge >= 0.3 is 0 Å². The molecule has 1 saturated carbocycles. The van der Waals surface area contributed by atoms with Crippen molar-refractivity contribution in [1.82, 2.24) is 0 Å². The maximum atomic E-state index is 9.09. The minimum Gasteiger partial charge on any atom is -0.409 e. The number of fused-ring (bicyclic) bond motifs is 1. The lowest BCUT2D eigenvalue weighted by molar-refractivity contribution is 0.243. The number of piperidine rings is 1. The lowest BCUT2D eigenvalue weighted by Crippen LogP contribution is -2.47. The average molecular weight is 352 g/mol. The van der Waals surface area contributed by atoms with Gasteiger partial charge in [-0.15, -0.1) is 0 Å². The predicted molar refractivity (Wildman–Crippen MR) is 89.0 cm³/mol. The maximum Gasteiger partial charge on any atom is 0.173 e. The van der Waals surface area contributed by atoms with Crippen molar-refractivity contribution in [2.24, 2.45) is 16.8 Å². The highest BCUT2D eigenvalue weighted by Crippen LogP contribution is 2.39. The lowest BCUT2D eigenvalue weighted by Gasteiger charge is -2.46. The molecule has 1 aliphatic heterocycles. The summed E-state index contributed by atoms with van der Waals surface area (Å²) in [7, 11) is 0. The molecule has 0 bridgehead atoms. The van der Waals surface area contributed by atoms with Gasteiger partial charge in [0.15, 0.2) is 5.84 Å². The number of nitrogens with zero attached hydrogens (tertiary/aromatic N) is 2. The van der Waals surface area contributed by atoms with Gasteiger partial charge in [-0.3, -0.25) is 0 Å². The van der Waals surface area contributed by atoms with E-state index in [1.54, 1.807) is 0 Å². The van der Waals surface area contributed by atoms with Crippen LogP contribution in [0.3, 0.4) is 0 Å². The molecular weight excluding hydrogens is 330 g/mol. The van der Waals surface area contributed by atoms with Gasteiger partial charge in [0.2, 0.25) is 0 Å². The number of hydrogen-bond donors (Lipinski definition) is 2. The molecule has 0 amide bonds. The maximum absolute atomic E-state index is 9.09. The van der Waals surface area contributed by atoms with Crippen molar-refractivity contribution in [2.75, 3.05) is 11.4 Å². The zero-order valence-corrected chi connectivity index (χ0v) is 13.7. The van der Waals surface area contributed by atoms with Crippen LogP contribution in [-0.2, 0) is 0 Å². The molecule has 1 aromatic rings. The molecule has 2 aliphatic rings. The Labute approximate surface area is 134 Å². The molecule has 0 spiro atoms. The fourth-order valence-electron chi connectivity index (χ4n) is 3.98. The van der Waals surface area contributed by atoms with Crippen LogP contribution in [0.15, 0.2) is 27.8 Å². The highest BCUT2D eigenvalue weighted by Gasteiger charge is 2.34. The Morgan fingerprint density at radius 1 is 1.24 bits per heavy atom. The van der Waals surface area contributed by atoms with Crippen LogP contribution in [0.4, 0.5) is 5.69 Å². The van der Waals surface area contributed by atoms with Crippen molar-refractivity contribution in [3.05, 3.63) is 28.2 Å². The van der Waals surface area contributed by atoms with Crippen molar-refractivity contribution in [3.8, 4) is 0 Å². The van der Waals surface area contributed by atoms with Crippen LogP contribution >= 0.6 is 15.9 Å². The number of hydrogen-bond acceptors (Lipinski definition) is 3. The monoisotopic (exact) mass is 351 g/mol. The van der Waals surface area contributed by atoms with Gasteiger partial charge < -0.3 is 15.8 Å². The molecule has 1 aromatic carbocycles. The van der Waals surface area contributed by atoms with Crippen LogP contribution in [0.5, 0.6) is 0 Å². The molecule has 114 valence electrons. The average Bonchev–Trinajstić information content (AvgIpc) is 2.53. The van der Waals surface area contributed by atoms with Crippen molar-refractivity contribution in [3.63, 3.8) is 0 Å². The van der Waals surface area contributed by atoms with Gasteiger partial charge in [0.05, 0.1) is 5.56 Å².